The molecule has 0 aromatic heterocycles. The highest BCUT2D eigenvalue weighted by atomic mass is 35.5. The Morgan fingerprint density at radius 3 is 2.45 bits per heavy atom. The summed E-state index contributed by atoms with van der Waals surface area (Å²) in [5, 5.41) is 0.398. The van der Waals surface area contributed by atoms with E-state index in [1.54, 1.807) is 18.2 Å². The van der Waals surface area contributed by atoms with Crippen molar-refractivity contribution in [3.8, 4) is 0 Å². The standard InChI is InChI=1S/C21H24ClN3O3S/c1-16(21(26)25-10-9-17-5-2-3-8-20(17)25)23-11-13-24(14-12-23)29(27,28)19-7-4-6-18(22)15-19/h2-8,15-16H,9-14H2,1H3. The van der Waals surface area contributed by atoms with Crippen molar-refractivity contribution in [2.75, 3.05) is 37.6 Å². The summed E-state index contributed by atoms with van der Waals surface area (Å²) in [7, 11) is -3.58. The number of nitrogens with zero attached hydrogens (tertiary/aromatic N) is 3. The molecule has 4 rings (SSSR count). The topological polar surface area (TPSA) is 60.9 Å². The summed E-state index contributed by atoms with van der Waals surface area (Å²) in [5.41, 5.74) is 2.19. The quantitative estimate of drug-likeness (QED) is 0.743. The van der Waals surface area contributed by atoms with Crippen LogP contribution in [0.25, 0.3) is 0 Å². The number of carbonyl (C=O) groups is 1. The molecule has 2 aromatic rings. The SMILES string of the molecule is CC(C(=O)N1CCc2ccccc21)N1CCN(S(=O)(=O)c2cccc(Cl)c2)CC1. The van der Waals surface area contributed by atoms with Gasteiger partial charge in [0.1, 0.15) is 0 Å². The number of piperazine rings is 1. The fourth-order valence-corrected chi connectivity index (χ4v) is 5.78. The molecule has 1 unspecified atom stereocenters. The lowest BCUT2D eigenvalue weighted by Crippen LogP contribution is -2.55. The first-order valence-electron chi connectivity index (χ1n) is 9.77. The molecule has 2 aromatic carbocycles. The Morgan fingerprint density at radius 1 is 1.00 bits per heavy atom. The van der Waals surface area contributed by atoms with Gasteiger partial charge in [-0.25, -0.2) is 8.42 Å². The highest BCUT2D eigenvalue weighted by Crippen LogP contribution is 2.29. The van der Waals surface area contributed by atoms with Crippen LogP contribution in [-0.2, 0) is 21.2 Å². The minimum atomic E-state index is -3.58. The second-order valence-electron chi connectivity index (χ2n) is 7.44. The number of amides is 1. The zero-order valence-corrected chi connectivity index (χ0v) is 17.9. The number of benzene rings is 2. The summed E-state index contributed by atoms with van der Waals surface area (Å²) in [6, 6.07) is 14.0. The van der Waals surface area contributed by atoms with Crippen molar-refractivity contribution in [1.82, 2.24) is 9.21 Å². The molecular formula is C21H24ClN3O3S. The molecular weight excluding hydrogens is 410 g/mol. The van der Waals surface area contributed by atoms with Gasteiger partial charge in [0.25, 0.3) is 0 Å². The molecule has 1 atom stereocenters. The molecule has 1 fully saturated rings. The van der Waals surface area contributed by atoms with Gasteiger partial charge in [-0.05, 0) is 43.2 Å². The van der Waals surface area contributed by atoms with Crippen molar-refractivity contribution in [1.29, 1.82) is 0 Å². The lowest BCUT2D eigenvalue weighted by Gasteiger charge is -2.38. The lowest BCUT2D eigenvalue weighted by atomic mass is 10.1. The zero-order chi connectivity index (χ0) is 20.6. The van der Waals surface area contributed by atoms with Gasteiger partial charge in [0, 0.05) is 43.4 Å². The van der Waals surface area contributed by atoms with Crippen molar-refractivity contribution in [2.45, 2.75) is 24.3 Å². The molecule has 29 heavy (non-hydrogen) atoms. The predicted octanol–water partition coefficient (Wildman–Crippen LogP) is 2.62. The lowest BCUT2D eigenvalue weighted by molar-refractivity contribution is -0.123. The van der Waals surface area contributed by atoms with Crippen LogP contribution in [0, 0.1) is 0 Å². The first kappa shape index (κ1) is 20.3. The normalized spacial score (nSPS) is 19.2. The third-order valence-corrected chi connectivity index (χ3v) is 7.90. The minimum absolute atomic E-state index is 0.0705. The van der Waals surface area contributed by atoms with Crippen LogP contribution in [0.4, 0.5) is 5.69 Å². The van der Waals surface area contributed by atoms with E-state index >= 15 is 0 Å². The fraction of sp³-hybridized carbons (Fsp3) is 0.381. The minimum Gasteiger partial charge on any atom is -0.310 e. The number of rotatable bonds is 4. The molecule has 0 N–H and O–H groups in total. The third kappa shape index (κ3) is 3.92. The number of carbonyl (C=O) groups excluding carboxylic acids is 1. The Balaban J connectivity index is 1.41. The Morgan fingerprint density at radius 2 is 1.72 bits per heavy atom. The van der Waals surface area contributed by atoms with Gasteiger partial charge < -0.3 is 4.90 Å². The van der Waals surface area contributed by atoms with Gasteiger partial charge in [-0.3, -0.25) is 9.69 Å². The van der Waals surface area contributed by atoms with Gasteiger partial charge >= 0.3 is 0 Å². The Labute approximate surface area is 176 Å². The molecule has 0 saturated carbocycles. The monoisotopic (exact) mass is 433 g/mol. The molecule has 1 amide bonds. The van der Waals surface area contributed by atoms with E-state index in [0.29, 0.717) is 37.7 Å². The first-order valence-corrected chi connectivity index (χ1v) is 11.6. The maximum absolute atomic E-state index is 13.1. The molecule has 0 radical (unpaired) electrons. The van der Waals surface area contributed by atoms with E-state index in [-0.39, 0.29) is 16.8 Å². The molecule has 2 aliphatic heterocycles. The van der Waals surface area contributed by atoms with Crippen molar-refractivity contribution in [2.24, 2.45) is 0 Å². The van der Waals surface area contributed by atoms with Crippen LogP contribution >= 0.6 is 11.6 Å². The van der Waals surface area contributed by atoms with E-state index in [0.717, 1.165) is 12.1 Å². The predicted molar refractivity (Wildman–Crippen MR) is 114 cm³/mol. The van der Waals surface area contributed by atoms with E-state index in [9.17, 15) is 13.2 Å². The number of sulfonamides is 1. The van der Waals surface area contributed by atoms with Crippen LogP contribution < -0.4 is 4.90 Å². The summed E-state index contributed by atoms with van der Waals surface area (Å²) >= 11 is 5.95. The molecule has 6 nitrogen and oxygen atoms in total. The van der Waals surface area contributed by atoms with Crippen LogP contribution in [0.3, 0.4) is 0 Å². The molecule has 0 spiro atoms. The highest BCUT2D eigenvalue weighted by molar-refractivity contribution is 7.89. The van der Waals surface area contributed by atoms with Crippen LogP contribution in [0.5, 0.6) is 0 Å². The smallest absolute Gasteiger partial charge is 0.244 e. The Kier molecular flexibility index (Phi) is 5.66. The van der Waals surface area contributed by atoms with Crippen LogP contribution in [-0.4, -0.2) is 62.3 Å². The van der Waals surface area contributed by atoms with Gasteiger partial charge in [-0.15, -0.1) is 0 Å². The Bertz CT molecular complexity index is 1020. The highest BCUT2D eigenvalue weighted by Gasteiger charge is 2.35. The largest absolute Gasteiger partial charge is 0.310 e. The number of para-hydroxylation sites is 1. The molecule has 2 heterocycles. The van der Waals surface area contributed by atoms with Crippen LogP contribution in [0.1, 0.15) is 12.5 Å². The molecule has 8 heteroatoms. The van der Waals surface area contributed by atoms with E-state index in [1.807, 2.05) is 30.0 Å². The molecule has 1 saturated heterocycles. The maximum atomic E-state index is 13.1. The molecule has 154 valence electrons. The van der Waals surface area contributed by atoms with Gasteiger partial charge in [0.15, 0.2) is 0 Å². The summed E-state index contributed by atoms with van der Waals surface area (Å²) in [6.07, 6.45) is 0.875. The summed E-state index contributed by atoms with van der Waals surface area (Å²) in [5.74, 6) is 0.0705. The fourth-order valence-electron chi connectivity index (χ4n) is 4.06. The van der Waals surface area contributed by atoms with E-state index < -0.39 is 10.0 Å². The third-order valence-electron chi connectivity index (χ3n) is 5.77. The number of anilines is 1. The average Bonchev–Trinajstić information content (AvgIpc) is 3.17. The molecule has 2 aliphatic rings. The summed E-state index contributed by atoms with van der Waals surface area (Å²) < 4.78 is 27.2. The zero-order valence-electron chi connectivity index (χ0n) is 16.3. The van der Waals surface area contributed by atoms with Crippen molar-refractivity contribution < 1.29 is 13.2 Å². The van der Waals surface area contributed by atoms with Gasteiger partial charge in [0.05, 0.1) is 10.9 Å². The summed E-state index contributed by atoms with van der Waals surface area (Å²) in [4.78, 5) is 17.2. The van der Waals surface area contributed by atoms with Crippen LogP contribution in [0.15, 0.2) is 53.4 Å². The number of hydrogen-bond acceptors (Lipinski definition) is 4. The maximum Gasteiger partial charge on any atom is 0.244 e. The Hall–Kier alpha value is -1.93. The molecule has 0 aliphatic carbocycles. The van der Waals surface area contributed by atoms with Crippen LogP contribution in [0.2, 0.25) is 5.02 Å². The van der Waals surface area contributed by atoms with Crippen molar-refractivity contribution in [3.63, 3.8) is 0 Å². The summed E-state index contributed by atoms with van der Waals surface area (Å²) in [6.45, 7) is 4.34. The molecule has 0 bridgehead atoms. The van der Waals surface area contributed by atoms with Gasteiger partial charge in [0.2, 0.25) is 15.9 Å². The number of fused-ring (bicyclic) bond motifs is 1. The van der Waals surface area contributed by atoms with E-state index in [4.69, 9.17) is 11.6 Å². The first-order chi connectivity index (χ1) is 13.9. The average molecular weight is 434 g/mol. The number of hydrogen-bond donors (Lipinski definition) is 0. The van der Waals surface area contributed by atoms with E-state index in [1.165, 1.54) is 15.9 Å². The van der Waals surface area contributed by atoms with Crippen molar-refractivity contribution >= 4 is 33.2 Å². The van der Waals surface area contributed by atoms with Crippen molar-refractivity contribution in [3.05, 3.63) is 59.1 Å². The van der Waals surface area contributed by atoms with Gasteiger partial charge in [-0.1, -0.05) is 35.9 Å². The van der Waals surface area contributed by atoms with Gasteiger partial charge in [-0.2, -0.15) is 4.31 Å². The second kappa shape index (κ2) is 8.07. The van der Waals surface area contributed by atoms with E-state index in [2.05, 4.69) is 11.0 Å². The second-order valence-corrected chi connectivity index (χ2v) is 9.82. The number of halogens is 1.